The van der Waals surface area contributed by atoms with Gasteiger partial charge in [0, 0.05) is 43.8 Å². The monoisotopic (exact) mass is 445 g/mol. The first-order valence-corrected chi connectivity index (χ1v) is 10.4. The average Bonchev–Trinajstić information content (AvgIpc) is 2.69. The van der Waals surface area contributed by atoms with Gasteiger partial charge in [0.25, 0.3) is 0 Å². The van der Waals surface area contributed by atoms with Gasteiger partial charge >= 0.3 is 0 Å². The van der Waals surface area contributed by atoms with Gasteiger partial charge in [0.1, 0.15) is 0 Å². The molecule has 1 saturated heterocycles. The Bertz CT molecular complexity index is 883. The second kappa shape index (κ2) is 9.80. The molecule has 0 bridgehead atoms. The fourth-order valence-corrected chi connectivity index (χ4v) is 4.67. The van der Waals surface area contributed by atoms with Gasteiger partial charge in [-0.2, -0.15) is 4.31 Å². The zero-order chi connectivity index (χ0) is 19.4. The summed E-state index contributed by atoms with van der Waals surface area (Å²) in [6.45, 7) is 3.03. The molecule has 2 aromatic carbocycles. The summed E-state index contributed by atoms with van der Waals surface area (Å²) < 4.78 is 37.8. The van der Waals surface area contributed by atoms with Crippen molar-refractivity contribution in [2.45, 2.75) is 11.4 Å². The molecule has 0 unspecified atom stereocenters. The van der Waals surface area contributed by atoms with E-state index in [0.29, 0.717) is 42.7 Å². The number of halogens is 2. The zero-order valence-electron chi connectivity index (χ0n) is 15.8. The summed E-state index contributed by atoms with van der Waals surface area (Å²) in [4.78, 5) is 2.45. The maximum atomic E-state index is 13.0. The highest BCUT2D eigenvalue weighted by Crippen LogP contribution is 2.31. The van der Waals surface area contributed by atoms with Crippen LogP contribution >= 0.6 is 11.6 Å². The number of hydrogen-bond acceptors (Lipinski definition) is 5. The molecule has 0 atom stereocenters. The van der Waals surface area contributed by atoms with Crippen LogP contribution in [0.15, 0.2) is 47.4 Å². The Morgan fingerprint density at radius 2 is 1.54 bits per heavy atom. The van der Waals surface area contributed by atoms with Gasteiger partial charge in [-0.25, -0.2) is 8.42 Å². The molecule has 28 heavy (non-hydrogen) atoms. The van der Waals surface area contributed by atoms with Crippen molar-refractivity contribution in [1.29, 1.82) is 0 Å². The van der Waals surface area contributed by atoms with E-state index in [1.807, 2.05) is 24.3 Å². The number of methoxy groups -OCH3 is 2. The maximum absolute atomic E-state index is 13.0. The Balaban J connectivity index is 0.00000280. The summed E-state index contributed by atoms with van der Waals surface area (Å²) in [7, 11) is -0.558. The molecule has 154 valence electrons. The van der Waals surface area contributed by atoms with E-state index >= 15 is 0 Å². The molecule has 1 aliphatic heterocycles. The third-order valence-corrected chi connectivity index (χ3v) is 6.79. The summed E-state index contributed by atoms with van der Waals surface area (Å²) in [5.41, 5.74) is 1.16. The van der Waals surface area contributed by atoms with Gasteiger partial charge in [0.2, 0.25) is 10.0 Å². The molecule has 0 N–H and O–H groups in total. The molecule has 2 aromatic rings. The number of rotatable bonds is 6. The lowest BCUT2D eigenvalue weighted by atomic mass is 10.2. The number of sulfonamides is 1. The Morgan fingerprint density at radius 3 is 2.11 bits per heavy atom. The SMILES string of the molecule is COc1ccc(S(=O)(=O)N2CCN(Cc3ccc(Cl)cc3)CC2)cc1OC.[Cl-]. The van der Waals surface area contributed by atoms with Gasteiger partial charge in [-0.05, 0) is 29.8 Å². The summed E-state index contributed by atoms with van der Waals surface area (Å²) in [6.07, 6.45) is 0. The molecule has 1 heterocycles. The molecular weight excluding hydrogens is 423 g/mol. The van der Waals surface area contributed by atoms with Gasteiger partial charge in [0.05, 0.1) is 19.1 Å². The molecule has 1 aliphatic rings. The average molecular weight is 446 g/mol. The highest BCUT2D eigenvalue weighted by Gasteiger charge is 2.29. The molecule has 9 heteroatoms. The number of benzene rings is 2. The molecule has 3 rings (SSSR count). The number of nitrogens with zero attached hydrogens (tertiary/aromatic N) is 2. The van der Waals surface area contributed by atoms with Gasteiger partial charge in [0.15, 0.2) is 11.5 Å². The van der Waals surface area contributed by atoms with Crippen molar-refractivity contribution < 1.29 is 30.3 Å². The van der Waals surface area contributed by atoms with E-state index in [2.05, 4.69) is 4.90 Å². The smallest absolute Gasteiger partial charge is 0.243 e. The molecule has 6 nitrogen and oxygen atoms in total. The number of hydrogen-bond donors (Lipinski definition) is 0. The van der Waals surface area contributed by atoms with Crippen molar-refractivity contribution in [2.24, 2.45) is 0 Å². The topological polar surface area (TPSA) is 59.1 Å². The second-order valence-corrected chi connectivity index (χ2v) is 8.70. The van der Waals surface area contributed by atoms with E-state index in [4.69, 9.17) is 21.1 Å². The van der Waals surface area contributed by atoms with Crippen LogP contribution in [0.25, 0.3) is 0 Å². The minimum atomic E-state index is -3.57. The van der Waals surface area contributed by atoms with Crippen molar-refractivity contribution in [3.63, 3.8) is 0 Å². The Kier molecular flexibility index (Phi) is 7.97. The molecule has 1 fully saturated rings. The lowest BCUT2D eigenvalue weighted by Crippen LogP contribution is -3.00. The van der Waals surface area contributed by atoms with Crippen molar-refractivity contribution in [3.8, 4) is 11.5 Å². The molecule has 0 aliphatic carbocycles. The van der Waals surface area contributed by atoms with Crippen LogP contribution in [0.5, 0.6) is 11.5 Å². The van der Waals surface area contributed by atoms with E-state index < -0.39 is 10.0 Å². The summed E-state index contributed by atoms with van der Waals surface area (Å²) in [5.74, 6) is 0.907. The molecule has 0 radical (unpaired) electrons. The third-order valence-electron chi connectivity index (χ3n) is 4.64. The lowest BCUT2D eigenvalue weighted by molar-refractivity contribution is -0.00000859. The van der Waals surface area contributed by atoms with Crippen molar-refractivity contribution in [3.05, 3.63) is 53.1 Å². The molecule has 0 amide bonds. The third kappa shape index (κ3) is 5.10. The van der Waals surface area contributed by atoms with Crippen LogP contribution in [0.2, 0.25) is 5.02 Å². The summed E-state index contributed by atoms with van der Waals surface area (Å²) in [6, 6.07) is 12.4. The zero-order valence-corrected chi connectivity index (χ0v) is 18.1. The number of piperazine rings is 1. The Morgan fingerprint density at radius 1 is 0.929 bits per heavy atom. The van der Waals surface area contributed by atoms with E-state index in [1.54, 1.807) is 12.1 Å². The first-order chi connectivity index (χ1) is 12.9. The largest absolute Gasteiger partial charge is 1.00 e. The molecule has 0 saturated carbocycles. The lowest BCUT2D eigenvalue weighted by Gasteiger charge is -2.34. The Hall–Kier alpha value is -1.51. The van der Waals surface area contributed by atoms with Crippen LogP contribution in [0.4, 0.5) is 0 Å². The van der Waals surface area contributed by atoms with Gasteiger partial charge in [-0.3, -0.25) is 4.90 Å². The normalized spacial score (nSPS) is 15.7. The van der Waals surface area contributed by atoms with Crippen molar-refractivity contribution in [2.75, 3.05) is 40.4 Å². The van der Waals surface area contributed by atoms with Crippen molar-refractivity contribution >= 4 is 21.6 Å². The second-order valence-electron chi connectivity index (χ2n) is 6.32. The van der Waals surface area contributed by atoms with Crippen LogP contribution in [-0.2, 0) is 16.6 Å². The van der Waals surface area contributed by atoms with Gasteiger partial charge in [-0.1, -0.05) is 23.7 Å². The number of ether oxygens (including phenoxy) is 2. The predicted molar refractivity (Wildman–Crippen MR) is 105 cm³/mol. The van der Waals surface area contributed by atoms with Gasteiger partial charge in [-0.15, -0.1) is 0 Å². The van der Waals surface area contributed by atoms with Crippen molar-refractivity contribution in [1.82, 2.24) is 9.21 Å². The van der Waals surface area contributed by atoms with E-state index in [9.17, 15) is 8.42 Å². The first-order valence-electron chi connectivity index (χ1n) is 8.63. The van der Waals surface area contributed by atoms with Crippen LogP contribution in [0, 0.1) is 0 Å². The molecular formula is C19H23Cl2N2O4S-. The van der Waals surface area contributed by atoms with Crippen LogP contribution in [0.3, 0.4) is 0 Å². The van der Waals surface area contributed by atoms with E-state index in [1.165, 1.54) is 24.6 Å². The van der Waals surface area contributed by atoms with Crippen LogP contribution in [0.1, 0.15) is 5.56 Å². The molecule has 0 aromatic heterocycles. The predicted octanol–water partition coefficient (Wildman–Crippen LogP) is -0.132. The quantitative estimate of drug-likeness (QED) is 0.619. The highest BCUT2D eigenvalue weighted by atomic mass is 35.5. The highest BCUT2D eigenvalue weighted by molar-refractivity contribution is 7.89. The van der Waals surface area contributed by atoms with Crippen LogP contribution < -0.4 is 21.9 Å². The maximum Gasteiger partial charge on any atom is 0.243 e. The van der Waals surface area contributed by atoms with Crippen LogP contribution in [-0.4, -0.2) is 58.0 Å². The minimum absolute atomic E-state index is 0. The fraction of sp³-hybridized carbons (Fsp3) is 0.368. The van der Waals surface area contributed by atoms with E-state index in [0.717, 1.165) is 12.1 Å². The Labute approximate surface area is 177 Å². The standard InChI is InChI=1S/C19H23ClN2O4S.ClH/c1-25-18-8-7-17(13-19(18)26-2)27(23,24)22-11-9-21(10-12-22)14-15-3-5-16(20)6-4-15;/h3-8,13H,9-12,14H2,1-2H3;1H/p-1. The van der Waals surface area contributed by atoms with E-state index in [-0.39, 0.29) is 17.3 Å². The van der Waals surface area contributed by atoms with Gasteiger partial charge < -0.3 is 21.9 Å². The first kappa shape index (κ1) is 22.8. The summed E-state index contributed by atoms with van der Waals surface area (Å²) in [5, 5.41) is 0.713. The molecule has 0 spiro atoms. The summed E-state index contributed by atoms with van der Waals surface area (Å²) >= 11 is 5.92. The minimum Gasteiger partial charge on any atom is -1.00 e. The fourth-order valence-electron chi connectivity index (χ4n) is 3.10.